The van der Waals surface area contributed by atoms with Crippen molar-refractivity contribution in [3.8, 4) is 5.75 Å². The molecule has 0 spiro atoms. The molecule has 0 bridgehead atoms. The van der Waals surface area contributed by atoms with Gasteiger partial charge in [-0.15, -0.1) is 0 Å². The minimum atomic E-state index is -0.312. The maximum absolute atomic E-state index is 12.4. The molecule has 0 saturated carbocycles. The Balaban J connectivity index is 1.53. The molecular weight excluding hydrogens is 392 g/mol. The second-order valence-corrected chi connectivity index (χ2v) is 6.88. The molecule has 3 aromatic rings. The van der Waals surface area contributed by atoms with Gasteiger partial charge in [0.15, 0.2) is 5.11 Å². The third kappa shape index (κ3) is 6.08. The average Bonchev–Trinajstić information content (AvgIpc) is 2.69. The molecular formula is C22H19ClN2O2S. The molecule has 1 amide bonds. The van der Waals surface area contributed by atoms with Gasteiger partial charge in [0.25, 0.3) is 5.91 Å². The number of thiocarbonyl (C=S) groups is 1. The van der Waals surface area contributed by atoms with Crippen molar-refractivity contribution in [2.24, 2.45) is 0 Å². The number of carbonyl (C=O) groups excluding carboxylic acids is 1. The summed E-state index contributed by atoms with van der Waals surface area (Å²) in [4.78, 5) is 12.4. The second kappa shape index (κ2) is 9.88. The summed E-state index contributed by atoms with van der Waals surface area (Å²) >= 11 is 11.1. The van der Waals surface area contributed by atoms with Crippen LogP contribution in [0.5, 0.6) is 5.75 Å². The first-order valence-electron chi connectivity index (χ1n) is 8.75. The van der Waals surface area contributed by atoms with E-state index in [1.54, 1.807) is 36.4 Å². The van der Waals surface area contributed by atoms with Gasteiger partial charge in [0.2, 0.25) is 0 Å². The maximum Gasteiger partial charge on any atom is 0.257 e. The van der Waals surface area contributed by atoms with Crippen molar-refractivity contribution in [2.45, 2.75) is 6.42 Å². The van der Waals surface area contributed by atoms with Crippen molar-refractivity contribution in [3.63, 3.8) is 0 Å². The first-order chi connectivity index (χ1) is 13.6. The van der Waals surface area contributed by atoms with Gasteiger partial charge in [-0.1, -0.05) is 54.1 Å². The smallest absolute Gasteiger partial charge is 0.257 e. The first kappa shape index (κ1) is 19.9. The highest BCUT2D eigenvalue weighted by Crippen LogP contribution is 2.16. The SMILES string of the molecule is O=C(NC(=S)Nc1cccc(Cl)c1)c1cccc(OCCc2ccccc2)c1. The quantitative estimate of drug-likeness (QED) is 0.556. The van der Waals surface area contributed by atoms with Gasteiger partial charge < -0.3 is 10.1 Å². The van der Waals surface area contributed by atoms with Crippen molar-refractivity contribution in [1.82, 2.24) is 5.32 Å². The highest BCUT2D eigenvalue weighted by molar-refractivity contribution is 7.80. The topological polar surface area (TPSA) is 50.4 Å². The van der Waals surface area contributed by atoms with E-state index in [9.17, 15) is 4.79 Å². The zero-order chi connectivity index (χ0) is 19.8. The number of anilines is 1. The molecule has 0 heterocycles. The summed E-state index contributed by atoms with van der Waals surface area (Å²) in [5.74, 6) is 0.324. The number of nitrogens with one attached hydrogen (secondary N) is 2. The van der Waals surface area contributed by atoms with E-state index in [1.807, 2.05) is 30.3 Å². The van der Waals surface area contributed by atoms with Crippen LogP contribution in [0.15, 0.2) is 78.9 Å². The Hall–Kier alpha value is -2.89. The van der Waals surface area contributed by atoms with Crippen LogP contribution in [-0.4, -0.2) is 17.6 Å². The Labute approximate surface area is 174 Å². The summed E-state index contributed by atoms with van der Waals surface area (Å²) in [6.45, 7) is 0.532. The van der Waals surface area contributed by atoms with E-state index < -0.39 is 0 Å². The lowest BCUT2D eigenvalue weighted by Gasteiger charge is -2.11. The van der Waals surface area contributed by atoms with E-state index in [0.29, 0.717) is 28.6 Å². The van der Waals surface area contributed by atoms with E-state index in [4.69, 9.17) is 28.6 Å². The third-order valence-electron chi connectivity index (χ3n) is 3.91. The largest absolute Gasteiger partial charge is 0.493 e. The number of ether oxygens (including phenoxy) is 1. The zero-order valence-electron chi connectivity index (χ0n) is 15.0. The molecule has 3 rings (SSSR count). The van der Waals surface area contributed by atoms with Crippen molar-refractivity contribution in [1.29, 1.82) is 0 Å². The van der Waals surface area contributed by atoms with Crippen molar-refractivity contribution in [3.05, 3.63) is 95.0 Å². The van der Waals surface area contributed by atoms with E-state index in [0.717, 1.165) is 6.42 Å². The Kier molecular flexibility index (Phi) is 7.00. The lowest BCUT2D eigenvalue weighted by atomic mass is 10.2. The van der Waals surface area contributed by atoms with Gasteiger partial charge >= 0.3 is 0 Å². The summed E-state index contributed by atoms with van der Waals surface area (Å²) in [5.41, 5.74) is 2.37. The highest BCUT2D eigenvalue weighted by Gasteiger charge is 2.09. The van der Waals surface area contributed by atoms with E-state index >= 15 is 0 Å². The number of halogens is 1. The fourth-order valence-electron chi connectivity index (χ4n) is 2.56. The molecule has 0 atom stereocenters. The van der Waals surface area contributed by atoms with Crippen LogP contribution >= 0.6 is 23.8 Å². The van der Waals surface area contributed by atoms with Crippen molar-refractivity contribution in [2.75, 3.05) is 11.9 Å². The molecule has 6 heteroatoms. The molecule has 0 fully saturated rings. The number of carbonyl (C=O) groups is 1. The molecule has 28 heavy (non-hydrogen) atoms. The normalized spacial score (nSPS) is 10.2. The van der Waals surface area contributed by atoms with Gasteiger partial charge in [-0.05, 0) is 54.2 Å². The molecule has 2 N–H and O–H groups in total. The van der Waals surface area contributed by atoms with E-state index in [2.05, 4.69) is 22.8 Å². The minimum absolute atomic E-state index is 0.197. The number of rotatable bonds is 6. The summed E-state index contributed by atoms with van der Waals surface area (Å²) in [7, 11) is 0. The van der Waals surface area contributed by atoms with Crippen molar-refractivity contribution < 1.29 is 9.53 Å². The van der Waals surface area contributed by atoms with Gasteiger partial charge in [-0.3, -0.25) is 10.1 Å². The van der Waals surface area contributed by atoms with Gasteiger partial charge in [0.05, 0.1) is 6.61 Å². The molecule has 0 aromatic heterocycles. The standard InChI is InChI=1S/C22H19ClN2O2S/c23-18-9-5-10-19(15-18)24-22(28)25-21(26)17-8-4-11-20(14-17)27-13-12-16-6-2-1-3-7-16/h1-11,14-15H,12-13H2,(H2,24,25,26,28). The van der Waals surface area contributed by atoms with Gasteiger partial charge in [-0.2, -0.15) is 0 Å². The fraction of sp³-hybridized carbons (Fsp3) is 0.0909. The van der Waals surface area contributed by atoms with Gasteiger partial charge in [0, 0.05) is 22.7 Å². The Morgan fingerprint density at radius 2 is 1.75 bits per heavy atom. The second-order valence-electron chi connectivity index (χ2n) is 6.03. The van der Waals surface area contributed by atoms with Crippen molar-refractivity contribution >= 4 is 40.5 Å². The summed E-state index contributed by atoms with van der Waals surface area (Å²) in [6, 6.07) is 24.2. The van der Waals surface area contributed by atoms with Crippen LogP contribution in [0.2, 0.25) is 5.02 Å². The summed E-state index contributed by atoms with van der Waals surface area (Å²) < 4.78 is 5.77. The zero-order valence-corrected chi connectivity index (χ0v) is 16.6. The number of benzene rings is 3. The molecule has 4 nitrogen and oxygen atoms in total. The van der Waals surface area contributed by atoms with Crippen LogP contribution < -0.4 is 15.4 Å². The van der Waals surface area contributed by atoms with Crippen LogP contribution in [0.4, 0.5) is 5.69 Å². The monoisotopic (exact) mass is 410 g/mol. The summed E-state index contributed by atoms with van der Waals surface area (Å²) in [5, 5.41) is 6.37. The third-order valence-corrected chi connectivity index (χ3v) is 4.35. The molecule has 0 saturated heterocycles. The Morgan fingerprint density at radius 1 is 0.964 bits per heavy atom. The number of amides is 1. The lowest BCUT2D eigenvalue weighted by molar-refractivity contribution is 0.0977. The molecule has 0 aliphatic heterocycles. The van der Waals surface area contributed by atoms with Gasteiger partial charge in [0.1, 0.15) is 5.75 Å². The van der Waals surface area contributed by atoms with Crippen LogP contribution in [0, 0.1) is 0 Å². The van der Waals surface area contributed by atoms with Crippen LogP contribution in [0.25, 0.3) is 0 Å². The maximum atomic E-state index is 12.4. The van der Waals surface area contributed by atoms with Gasteiger partial charge in [-0.25, -0.2) is 0 Å². The minimum Gasteiger partial charge on any atom is -0.493 e. The molecule has 0 aliphatic rings. The van der Waals surface area contributed by atoms with E-state index in [-0.39, 0.29) is 11.0 Å². The predicted octanol–water partition coefficient (Wildman–Crippen LogP) is 5.09. The van der Waals surface area contributed by atoms with Crippen LogP contribution in [0.3, 0.4) is 0 Å². The first-order valence-corrected chi connectivity index (χ1v) is 9.53. The van der Waals surface area contributed by atoms with E-state index in [1.165, 1.54) is 5.56 Å². The summed E-state index contributed by atoms with van der Waals surface area (Å²) in [6.07, 6.45) is 0.797. The molecule has 0 unspecified atom stereocenters. The number of hydrogen-bond acceptors (Lipinski definition) is 3. The Bertz CT molecular complexity index is 964. The van der Waals surface area contributed by atoms with Crippen LogP contribution in [-0.2, 0) is 6.42 Å². The highest BCUT2D eigenvalue weighted by atomic mass is 35.5. The van der Waals surface area contributed by atoms with Crippen LogP contribution in [0.1, 0.15) is 15.9 Å². The molecule has 0 radical (unpaired) electrons. The lowest BCUT2D eigenvalue weighted by Crippen LogP contribution is -2.34. The number of hydrogen-bond donors (Lipinski definition) is 2. The Morgan fingerprint density at radius 3 is 2.54 bits per heavy atom. The predicted molar refractivity (Wildman–Crippen MR) is 117 cm³/mol. The average molecular weight is 411 g/mol. The molecule has 142 valence electrons. The molecule has 0 aliphatic carbocycles. The fourth-order valence-corrected chi connectivity index (χ4v) is 2.96. The molecule has 3 aromatic carbocycles.